The van der Waals surface area contributed by atoms with Gasteiger partial charge in [-0.1, -0.05) is 12.1 Å². The quantitative estimate of drug-likeness (QED) is 0.185. The first-order valence-corrected chi connectivity index (χ1v) is 12.7. The van der Waals surface area contributed by atoms with Crippen LogP contribution in [0.1, 0.15) is 66.1 Å². The number of hydrogen-bond acceptors (Lipinski definition) is 4. The van der Waals surface area contributed by atoms with Crippen molar-refractivity contribution in [2.45, 2.75) is 71.6 Å². The van der Waals surface area contributed by atoms with Crippen LogP contribution in [-0.2, 0) is 23.6 Å². The van der Waals surface area contributed by atoms with Gasteiger partial charge in [-0.05, 0) is 81.0 Å². The summed E-state index contributed by atoms with van der Waals surface area (Å²) >= 11 is 0. The number of carbonyl (C=O) groups is 1. The van der Waals surface area contributed by atoms with Crippen molar-refractivity contribution in [3.63, 3.8) is 0 Å². The van der Waals surface area contributed by atoms with Crippen molar-refractivity contribution in [1.29, 1.82) is 0 Å². The Bertz CT molecular complexity index is 1230. The lowest BCUT2D eigenvalue weighted by molar-refractivity contribution is -0.143. The Labute approximate surface area is 228 Å². The predicted octanol–water partition coefficient (Wildman–Crippen LogP) is 6.48. The highest BCUT2D eigenvalue weighted by Gasteiger charge is 2.38. The number of hydrazone groups is 1. The fourth-order valence-corrected chi connectivity index (χ4v) is 4.77. The van der Waals surface area contributed by atoms with Gasteiger partial charge in [-0.2, -0.15) is 26.3 Å². The summed E-state index contributed by atoms with van der Waals surface area (Å²) in [5.74, 6) is -0.138. The van der Waals surface area contributed by atoms with Crippen molar-refractivity contribution in [2.24, 2.45) is 10.8 Å². The molecule has 220 valence electrons. The molecule has 1 aliphatic rings. The largest absolute Gasteiger partial charge is 0.446 e. The molecule has 0 spiro atoms. The van der Waals surface area contributed by atoms with Crippen LogP contribution in [0.3, 0.4) is 0 Å². The second kappa shape index (κ2) is 11.8. The number of amides is 1. The van der Waals surface area contributed by atoms with Crippen LogP contribution < -0.4 is 16.1 Å². The Morgan fingerprint density at radius 2 is 1.73 bits per heavy atom. The van der Waals surface area contributed by atoms with Crippen LogP contribution in [0, 0.1) is 13.8 Å². The molecule has 1 amide bonds. The molecule has 2 aromatic carbocycles. The zero-order valence-electron chi connectivity index (χ0n) is 22.9. The highest BCUT2D eigenvalue weighted by atomic mass is 19.4. The molecule has 0 saturated carbocycles. The smallest absolute Gasteiger partial charge is 0.416 e. The number of carbonyl (C=O) groups excluding carboxylic acids is 1. The fraction of sp³-hybridized carbons (Fsp3) is 0.481. The summed E-state index contributed by atoms with van der Waals surface area (Å²) in [4.78, 5) is 16.0. The number of anilines is 1. The van der Waals surface area contributed by atoms with Crippen LogP contribution in [0.4, 0.5) is 36.8 Å². The molecule has 0 radical (unpaired) electrons. The van der Waals surface area contributed by atoms with Gasteiger partial charge in [-0.3, -0.25) is 4.90 Å². The van der Waals surface area contributed by atoms with Gasteiger partial charge >= 0.3 is 18.4 Å². The predicted molar refractivity (Wildman–Crippen MR) is 140 cm³/mol. The monoisotopic (exact) mass is 573 g/mol. The molecular weight excluding hydrogens is 540 g/mol. The molecule has 1 aliphatic heterocycles. The molecule has 3 rings (SSSR count). The number of ether oxygens (including phenoxy) is 1. The number of hydrogen-bond donors (Lipinski definition) is 2. The van der Waals surface area contributed by atoms with Gasteiger partial charge in [0.05, 0.1) is 29.0 Å². The van der Waals surface area contributed by atoms with Gasteiger partial charge < -0.3 is 20.8 Å². The number of halogens is 6. The summed E-state index contributed by atoms with van der Waals surface area (Å²) in [6.45, 7) is 7.05. The molecule has 0 bridgehead atoms. The Balaban J connectivity index is 2.19. The second-order valence-electron chi connectivity index (χ2n) is 9.92. The van der Waals surface area contributed by atoms with Gasteiger partial charge in [0.15, 0.2) is 0 Å². The summed E-state index contributed by atoms with van der Waals surface area (Å²) in [5, 5.41) is 4.00. The van der Waals surface area contributed by atoms with Crippen LogP contribution >= 0.6 is 0 Å². The fourth-order valence-electron chi connectivity index (χ4n) is 4.77. The van der Waals surface area contributed by atoms with E-state index in [0.29, 0.717) is 36.2 Å². The maximum atomic E-state index is 13.6. The summed E-state index contributed by atoms with van der Waals surface area (Å²) in [6.07, 6.45) is -10.1. The first kappa shape index (κ1) is 30.9. The third kappa shape index (κ3) is 6.92. The number of alkyl halides is 6. The molecule has 1 atom stereocenters. The van der Waals surface area contributed by atoms with Gasteiger partial charge in [0.1, 0.15) is 0 Å². The minimum atomic E-state index is -4.99. The molecule has 0 aromatic heterocycles. The zero-order valence-corrected chi connectivity index (χ0v) is 22.9. The molecule has 0 saturated heterocycles. The number of nitrogens with zero attached hydrogens (tertiary/aromatic N) is 3. The van der Waals surface area contributed by atoms with Crippen molar-refractivity contribution in [2.75, 3.05) is 18.5 Å². The maximum absolute atomic E-state index is 13.6. The molecule has 2 aromatic rings. The molecular formula is C27H33F6N5O2. The summed E-state index contributed by atoms with van der Waals surface area (Å²) < 4.78 is 86.8. The summed E-state index contributed by atoms with van der Waals surface area (Å²) in [6, 6.07) is 4.44. The van der Waals surface area contributed by atoms with Gasteiger partial charge in [0.2, 0.25) is 5.96 Å². The first-order valence-electron chi connectivity index (χ1n) is 12.7. The first-order chi connectivity index (χ1) is 18.5. The van der Waals surface area contributed by atoms with Crippen LogP contribution in [0.2, 0.25) is 0 Å². The number of aryl methyl sites for hydroxylation is 1. The number of benzene rings is 2. The van der Waals surface area contributed by atoms with E-state index in [4.69, 9.17) is 10.5 Å². The zero-order chi connectivity index (χ0) is 30.0. The average molecular weight is 574 g/mol. The lowest BCUT2D eigenvalue weighted by Crippen LogP contribution is -2.41. The molecule has 3 N–H and O–H groups in total. The SMILES string of the molecule is CN/N=C(\N)N(Cc1cc(C(F)(F)F)cc(C(F)(F)F)c1)C1CCCN(C(=O)OC(C)C)c2c1ccc(C)c2C. The van der Waals surface area contributed by atoms with E-state index >= 15 is 0 Å². The van der Waals surface area contributed by atoms with E-state index < -0.39 is 42.2 Å². The van der Waals surface area contributed by atoms with E-state index in [0.717, 1.165) is 11.1 Å². The minimum absolute atomic E-state index is 0.0875. The molecule has 13 heteroatoms. The molecule has 7 nitrogen and oxygen atoms in total. The number of rotatable bonds is 5. The topological polar surface area (TPSA) is 83.2 Å². The van der Waals surface area contributed by atoms with Crippen LogP contribution in [0.25, 0.3) is 0 Å². The standard InChI is InChI=1S/C27H33F6N5O2/c1-15(2)40-25(39)37-10-6-7-22(21-9-8-16(3)17(4)23(21)37)38(24(34)36-35-5)14-18-11-19(26(28,29)30)13-20(12-18)27(31,32)33/h8-9,11-13,15,22,35H,6-7,10,14H2,1-5H3,(H2,34,36). The van der Waals surface area contributed by atoms with E-state index in [9.17, 15) is 31.1 Å². The van der Waals surface area contributed by atoms with E-state index in [1.807, 2.05) is 19.9 Å². The van der Waals surface area contributed by atoms with Crippen LogP contribution in [0.15, 0.2) is 35.4 Å². The van der Waals surface area contributed by atoms with Crippen molar-refractivity contribution in [1.82, 2.24) is 10.3 Å². The van der Waals surface area contributed by atoms with Crippen molar-refractivity contribution >= 4 is 17.7 Å². The number of nitrogens with one attached hydrogen (secondary N) is 1. The van der Waals surface area contributed by atoms with Crippen molar-refractivity contribution in [3.05, 3.63) is 63.7 Å². The summed E-state index contributed by atoms with van der Waals surface area (Å²) in [7, 11) is 1.47. The van der Waals surface area contributed by atoms with E-state index in [2.05, 4.69) is 10.5 Å². The number of nitrogens with two attached hydrogens (primary N) is 1. The summed E-state index contributed by atoms with van der Waals surface area (Å²) in [5.41, 5.74) is 8.56. The third-order valence-electron chi connectivity index (χ3n) is 6.68. The van der Waals surface area contributed by atoms with Gasteiger partial charge in [-0.25, -0.2) is 4.79 Å². The number of fused-ring (bicyclic) bond motifs is 1. The third-order valence-corrected chi connectivity index (χ3v) is 6.68. The average Bonchev–Trinajstić information content (AvgIpc) is 3.03. The van der Waals surface area contributed by atoms with Crippen molar-refractivity contribution < 1.29 is 35.9 Å². The molecule has 40 heavy (non-hydrogen) atoms. The van der Waals surface area contributed by atoms with Crippen LogP contribution in [0.5, 0.6) is 0 Å². The Kier molecular flexibility index (Phi) is 9.15. The normalized spacial score (nSPS) is 16.4. The lowest BCUT2D eigenvalue weighted by atomic mass is 9.94. The van der Waals surface area contributed by atoms with E-state index in [1.165, 1.54) is 16.8 Å². The second-order valence-corrected chi connectivity index (χ2v) is 9.92. The molecule has 1 unspecified atom stereocenters. The van der Waals surface area contributed by atoms with Gasteiger partial charge in [-0.15, -0.1) is 5.10 Å². The Morgan fingerprint density at radius 3 is 2.25 bits per heavy atom. The maximum Gasteiger partial charge on any atom is 0.416 e. The Morgan fingerprint density at radius 1 is 1.12 bits per heavy atom. The van der Waals surface area contributed by atoms with E-state index in [-0.39, 0.29) is 30.2 Å². The highest BCUT2D eigenvalue weighted by molar-refractivity contribution is 5.91. The van der Waals surface area contributed by atoms with E-state index in [1.54, 1.807) is 19.9 Å². The van der Waals surface area contributed by atoms with Gasteiger partial charge in [0, 0.05) is 20.1 Å². The lowest BCUT2D eigenvalue weighted by Gasteiger charge is -2.34. The van der Waals surface area contributed by atoms with Gasteiger partial charge in [0.25, 0.3) is 0 Å². The number of guanidine groups is 1. The molecule has 1 heterocycles. The highest BCUT2D eigenvalue weighted by Crippen LogP contribution is 2.42. The molecule has 0 aliphatic carbocycles. The molecule has 0 fully saturated rings. The Hall–Kier alpha value is -3.64. The van der Waals surface area contributed by atoms with Crippen molar-refractivity contribution in [3.8, 4) is 0 Å². The minimum Gasteiger partial charge on any atom is -0.446 e. The van der Waals surface area contributed by atoms with Crippen LogP contribution in [-0.4, -0.2) is 36.6 Å².